The Labute approximate surface area is 160 Å². The molecule has 1 amide bonds. The lowest BCUT2D eigenvalue weighted by Gasteiger charge is -2.36. The number of anilines is 2. The zero-order valence-corrected chi connectivity index (χ0v) is 15.8. The molecule has 0 N–H and O–H groups in total. The number of carbonyl (C=O) groups is 1. The first-order valence-corrected chi connectivity index (χ1v) is 9.63. The zero-order valence-electron chi connectivity index (χ0n) is 15.8. The number of rotatable bonds is 4. The first-order valence-electron chi connectivity index (χ1n) is 9.63. The summed E-state index contributed by atoms with van der Waals surface area (Å²) in [6, 6.07) is 10.1. The standard InChI is InChI=1S/C21H26N4O2/c1-27-20-6-4-18(5-7-20)24-10-12-25(13-11-24)21(26)17-14-19(16-22-15-17)23-8-2-3-9-23/h4-7,14-16H,2-3,8-13H2,1H3. The van der Waals surface area contributed by atoms with Crippen molar-refractivity contribution in [3.8, 4) is 5.75 Å². The Morgan fingerprint density at radius 3 is 2.22 bits per heavy atom. The molecule has 0 saturated carbocycles. The molecular formula is C21H26N4O2. The predicted octanol–water partition coefficient (Wildman–Crippen LogP) is 2.65. The van der Waals surface area contributed by atoms with Gasteiger partial charge in [0.05, 0.1) is 24.6 Å². The van der Waals surface area contributed by atoms with Crippen LogP contribution in [0.15, 0.2) is 42.7 Å². The van der Waals surface area contributed by atoms with Gasteiger partial charge in [0.15, 0.2) is 0 Å². The van der Waals surface area contributed by atoms with Gasteiger partial charge in [-0.05, 0) is 43.2 Å². The Hall–Kier alpha value is -2.76. The van der Waals surface area contributed by atoms with Crippen molar-refractivity contribution < 1.29 is 9.53 Å². The summed E-state index contributed by atoms with van der Waals surface area (Å²) < 4.78 is 5.22. The van der Waals surface area contributed by atoms with Crippen molar-refractivity contribution >= 4 is 17.3 Å². The number of piperazine rings is 1. The van der Waals surface area contributed by atoms with E-state index in [0.717, 1.165) is 50.7 Å². The first-order chi connectivity index (χ1) is 13.2. The van der Waals surface area contributed by atoms with E-state index in [1.54, 1.807) is 13.3 Å². The number of nitrogens with zero attached hydrogens (tertiary/aromatic N) is 4. The molecule has 3 heterocycles. The minimum absolute atomic E-state index is 0.0814. The number of pyridine rings is 1. The molecule has 0 unspecified atom stereocenters. The van der Waals surface area contributed by atoms with Gasteiger partial charge in [-0.3, -0.25) is 9.78 Å². The van der Waals surface area contributed by atoms with E-state index in [-0.39, 0.29) is 5.91 Å². The second-order valence-electron chi connectivity index (χ2n) is 7.10. The number of carbonyl (C=O) groups excluding carboxylic acids is 1. The maximum atomic E-state index is 12.9. The van der Waals surface area contributed by atoms with Gasteiger partial charge in [0.25, 0.3) is 5.91 Å². The lowest BCUT2D eigenvalue weighted by Crippen LogP contribution is -2.48. The summed E-state index contributed by atoms with van der Waals surface area (Å²) in [5, 5.41) is 0. The number of amides is 1. The Bertz CT molecular complexity index is 779. The van der Waals surface area contributed by atoms with E-state index in [0.29, 0.717) is 5.56 Å². The Morgan fingerprint density at radius 2 is 1.56 bits per heavy atom. The second-order valence-corrected chi connectivity index (χ2v) is 7.10. The molecule has 6 nitrogen and oxygen atoms in total. The molecule has 1 aromatic heterocycles. The van der Waals surface area contributed by atoms with Crippen LogP contribution in [-0.2, 0) is 0 Å². The van der Waals surface area contributed by atoms with Gasteiger partial charge in [0.2, 0.25) is 0 Å². The van der Waals surface area contributed by atoms with E-state index < -0.39 is 0 Å². The van der Waals surface area contributed by atoms with Crippen molar-refractivity contribution in [3.05, 3.63) is 48.3 Å². The highest BCUT2D eigenvalue weighted by atomic mass is 16.5. The van der Waals surface area contributed by atoms with Gasteiger partial charge in [-0.15, -0.1) is 0 Å². The second kappa shape index (κ2) is 7.86. The van der Waals surface area contributed by atoms with Crippen LogP contribution in [0, 0.1) is 0 Å². The molecule has 6 heteroatoms. The van der Waals surface area contributed by atoms with Crippen LogP contribution in [0.5, 0.6) is 5.75 Å². The van der Waals surface area contributed by atoms with Crippen LogP contribution in [0.1, 0.15) is 23.2 Å². The number of ether oxygens (including phenoxy) is 1. The molecule has 2 aliphatic heterocycles. The molecule has 0 radical (unpaired) electrons. The fraction of sp³-hybridized carbons (Fsp3) is 0.429. The van der Waals surface area contributed by atoms with E-state index in [9.17, 15) is 4.79 Å². The normalized spacial score (nSPS) is 17.3. The van der Waals surface area contributed by atoms with Crippen molar-refractivity contribution in [2.75, 3.05) is 56.2 Å². The van der Waals surface area contributed by atoms with E-state index in [2.05, 4.69) is 26.9 Å². The molecule has 2 aliphatic rings. The van der Waals surface area contributed by atoms with E-state index in [1.165, 1.54) is 18.5 Å². The lowest BCUT2D eigenvalue weighted by molar-refractivity contribution is 0.0746. The highest BCUT2D eigenvalue weighted by Crippen LogP contribution is 2.23. The Kier molecular flexibility index (Phi) is 5.14. The molecule has 0 atom stereocenters. The van der Waals surface area contributed by atoms with E-state index >= 15 is 0 Å². The summed E-state index contributed by atoms with van der Waals surface area (Å²) in [6.45, 7) is 5.21. The molecule has 2 aromatic rings. The highest BCUT2D eigenvalue weighted by molar-refractivity contribution is 5.95. The van der Waals surface area contributed by atoms with Gasteiger partial charge in [-0.25, -0.2) is 0 Å². The van der Waals surface area contributed by atoms with Crippen molar-refractivity contribution in [1.29, 1.82) is 0 Å². The van der Waals surface area contributed by atoms with Crippen molar-refractivity contribution in [2.24, 2.45) is 0 Å². The third-order valence-corrected chi connectivity index (χ3v) is 5.45. The minimum atomic E-state index is 0.0814. The summed E-state index contributed by atoms with van der Waals surface area (Å²) in [4.78, 5) is 23.8. The summed E-state index contributed by atoms with van der Waals surface area (Å²) >= 11 is 0. The predicted molar refractivity (Wildman–Crippen MR) is 107 cm³/mol. The monoisotopic (exact) mass is 366 g/mol. The summed E-state index contributed by atoms with van der Waals surface area (Å²) in [6.07, 6.45) is 5.98. The van der Waals surface area contributed by atoms with Gasteiger partial charge < -0.3 is 19.4 Å². The van der Waals surface area contributed by atoms with Crippen LogP contribution in [0.3, 0.4) is 0 Å². The van der Waals surface area contributed by atoms with Crippen LogP contribution in [0.2, 0.25) is 0 Å². The quantitative estimate of drug-likeness (QED) is 0.833. The van der Waals surface area contributed by atoms with Crippen LogP contribution in [-0.4, -0.2) is 62.2 Å². The molecule has 0 bridgehead atoms. The molecule has 1 aromatic carbocycles. The van der Waals surface area contributed by atoms with E-state index in [4.69, 9.17) is 4.74 Å². The van der Waals surface area contributed by atoms with Crippen LogP contribution >= 0.6 is 0 Å². The van der Waals surface area contributed by atoms with Crippen LogP contribution in [0.25, 0.3) is 0 Å². The molecule has 4 rings (SSSR count). The van der Waals surface area contributed by atoms with Crippen LogP contribution < -0.4 is 14.5 Å². The Morgan fingerprint density at radius 1 is 0.889 bits per heavy atom. The number of hydrogen-bond acceptors (Lipinski definition) is 5. The van der Waals surface area contributed by atoms with Gasteiger partial charge in [-0.1, -0.05) is 0 Å². The number of methoxy groups -OCH3 is 1. The maximum Gasteiger partial charge on any atom is 0.255 e. The average molecular weight is 366 g/mol. The topological polar surface area (TPSA) is 48.9 Å². The van der Waals surface area contributed by atoms with Crippen molar-refractivity contribution in [2.45, 2.75) is 12.8 Å². The largest absolute Gasteiger partial charge is 0.497 e. The Balaban J connectivity index is 1.39. The molecule has 2 saturated heterocycles. The minimum Gasteiger partial charge on any atom is -0.497 e. The first kappa shape index (κ1) is 17.6. The van der Waals surface area contributed by atoms with Gasteiger partial charge in [0, 0.05) is 51.2 Å². The molecule has 27 heavy (non-hydrogen) atoms. The van der Waals surface area contributed by atoms with Gasteiger partial charge in [0.1, 0.15) is 5.75 Å². The molecular weight excluding hydrogens is 340 g/mol. The van der Waals surface area contributed by atoms with Crippen molar-refractivity contribution in [3.63, 3.8) is 0 Å². The number of hydrogen-bond donors (Lipinski definition) is 0. The zero-order chi connectivity index (χ0) is 18.6. The molecule has 2 fully saturated rings. The van der Waals surface area contributed by atoms with Crippen molar-refractivity contribution in [1.82, 2.24) is 9.88 Å². The highest BCUT2D eigenvalue weighted by Gasteiger charge is 2.23. The molecule has 0 spiro atoms. The number of benzene rings is 1. The summed E-state index contributed by atoms with van der Waals surface area (Å²) in [5.74, 6) is 0.941. The van der Waals surface area contributed by atoms with Gasteiger partial charge in [-0.2, -0.15) is 0 Å². The summed E-state index contributed by atoms with van der Waals surface area (Å²) in [5.41, 5.74) is 2.92. The molecule has 0 aliphatic carbocycles. The van der Waals surface area contributed by atoms with E-state index in [1.807, 2.05) is 29.3 Å². The smallest absolute Gasteiger partial charge is 0.255 e. The third kappa shape index (κ3) is 3.84. The molecule has 142 valence electrons. The summed E-state index contributed by atoms with van der Waals surface area (Å²) in [7, 11) is 1.67. The fourth-order valence-electron chi connectivity index (χ4n) is 3.84. The van der Waals surface area contributed by atoms with Crippen LogP contribution in [0.4, 0.5) is 11.4 Å². The maximum absolute atomic E-state index is 12.9. The van der Waals surface area contributed by atoms with Gasteiger partial charge >= 0.3 is 0 Å². The average Bonchev–Trinajstić information content (AvgIpc) is 3.29. The number of aromatic nitrogens is 1. The lowest BCUT2D eigenvalue weighted by atomic mass is 10.2. The third-order valence-electron chi connectivity index (χ3n) is 5.45. The SMILES string of the molecule is COc1ccc(N2CCN(C(=O)c3cncc(N4CCCC4)c3)CC2)cc1. The fourth-order valence-corrected chi connectivity index (χ4v) is 3.84.